The fraction of sp³-hybridized carbons (Fsp3) is 0.0500. The van der Waals surface area contributed by atoms with Gasteiger partial charge in [0.2, 0.25) is 0 Å². The van der Waals surface area contributed by atoms with Crippen LogP contribution < -0.4 is 0 Å². The third kappa shape index (κ3) is 5.08. The van der Waals surface area contributed by atoms with Crippen LogP contribution >= 0.6 is 0 Å². The van der Waals surface area contributed by atoms with Crippen molar-refractivity contribution in [1.82, 2.24) is 9.55 Å². The van der Waals surface area contributed by atoms with E-state index in [1.807, 2.05) is 48.8 Å². The average Bonchev–Trinajstić information content (AvgIpc) is 3.71. The molecule has 0 aliphatic heterocycles. The first-order chi connectivity index (χ1) is 22.0. The number of aryl methyl sites for hydroxylation is 1. The number of hydrogen-bond acceptors (Lipinski definition) is 3. The second-order valence-electron chi connectivity index (χ2n) is 11.0. The third-order valence-electron chi connectivity index (χ3n) is 8.19. The summed E-state index contributed by atoms with van der Waals surface area (Å²) in [4.78, 5) is 18.1. The Morgan fingerprint density at radius 3 is 1.98 bits per heavy atom. The van der Waals surface area contributed by atoms with E-state index in [1.54, 1.807) is 19.1 Å². The Labute approximate surface area is 260 Å². The van der Waals surface area contributed by atoms with E-state index < -0.39 is 17.1 Å². The van der Waals surface area contributed by atoms with Crippen molar-refractivity contribution in [3.63, 3.8) is 0 Å². The first-order valence-electron chi connectivity index (χ1n) is 14.8. The highest BCUT2D eigenvalue weighted by molar-refractivity contribution is 6.09. The van der Waals surface area contributed by atoms with Gasteiger partial charge >= 0.3 is 0 Å². The maximum absolute atomic E-state index is 14.9. The van der Waals surface area contributed by atoms with Crippen LogP contribution in [0.4, 0.5) is 4.39 Å². The summed E-state index contributed by atoms with van der Waals surface area (Å²) in [7, 11) is 0. The summed E-state index contributed by atoms with van der Waals surface area (Å²) in [5.41, 5.74) is 5.40. The van der Waals surface area contributed by atoms with Crippen LogP contribution in [0.3, 0.4) is 0 Å². The Morgan fingerprint density at radius 1 is 0.778 bits per heavy atom. The summed E-state index contributed by atoms with van der Waals surface area (Å²) in [6.07, 6.45) is 7.05. The second-order valence-corrected chi connectivity index (χ2v) is 11.0. The SMILES string of the molecule is Cc1cc2cc(C(=O)C=Cc3ccccc3-c3cn(C(c4ccccc4)(c4ccccc4)c4ccccc4)cn3)c(F)cc2o1. The topological polar surface area (TPSA) is 48.0 Å². The molecule has 0 atom stereocenters. The van der Waals surface area contributed by atoms with Crippen molar-refractivity contribution < 1.29 is 13.6 Å². The summed E-state index contributed by atoms with van der Waals surface area (Å²) in [6.45, 7) is 1.79. The Hall–Kier alpha value is -5.81. The van der Waals surface area contributed by atoms with E-state index in [0.29, 0.717) is 16.7 Å². The smallest absolute Gasteiger partial charge is 0.188 e. The predicted molar refractivity (Wildman–Crippen MR) is 177 cm³/mol. The van der Waals surface area contributed by atoms with Gasteiger partial charge in [0.1, 0.15) is 22.7 Å². The van der Waals surface area contributed by atoms with Gasteiger partial charge in [0, 0.05) is 23.2 Å². The van der Waals surface area contributed by atoms with Gasteiger partial charge in [-0.1, -0.05) is 121 Å². The van der Waals surface area contributed by atoms with Crippen LogP contribution in [0.1, 0.15) is 38.4 Å². The van der Waals surface area contributed by atoms with Crippen molar-refractivity contribution in [3.8, 4) is 11.3 Å². The van der Waals surface area contributed by atoms with Crippen molar-refractivity contribution in [3.05, 3.63) is 191 Å². The fourth-order valence-corrected chi connectivity index (χ4v) is 6.15. The molecule has 0 aliphatic rings. The monoisotopic (exact) mass is 588 g/mol. The minimum absolute atomic E-state index is 0.000300. The minimum Gasteiger partial charge on any atom is -0.461 e. The molecule has 5 heteroatoms. The van der Waals surface area contributed by atoms with Crippen LogP contribution in [0.15, 0.2) is 156 Å². The van der Waals surface area contributed by atoms with E-state index in [9.17, 15) is 9.18 Å². The maximum Gasteiger partial charge on any atom is 0.188 e. The van der Waals surface area contributed by atoms with E-state index in [2.05, 4.69) is 83.6 Å². The number of aromatic nitrogens is 2. The Kier molecular flexibility index (Phi) is 7.28. The average molecular weight is 589 g/mol. The molecular weight excluding hydrogens is 559 g/mol. The normalized spacial score (nSPS) is 11.8. The molecule has 0 saturated heterocycles. The van der Waals surface area contributed by atoms with Crippen LogP contribution in [-0.2, 0) is 5.54 Å². The zero-order valence-corrected chi connectivity index (χ0v) is 24.6. The quantitative estimate of drug-likeness (QED) is 0.101. The molecule has 45 heavy (non-hydrogen) atoms. The lowest BCUT2D eigenvalue weighted by molar-refractivity contribution is 0.104. The van der Waals surface area contributed by atoms with Gasteiger partial charge in [0.05, 0.1) is 17.6 Å². The molecule has 0 spiro atoms. The Bertz CT molecular complexity index is 2050. The van der Waals surface area contributed by atoms with Gasteiger partial charge < -0.3 is 8.98 Å². The van der Waals surface area contributed by atoms with Gasteiger partial charge in [0.25, 0.3) is 0 Å². The number of benzene rings is 5. The summed E-state index contributed by atoms with van der Waals surface area (Å²) in [5.74, 6) is -0.379. The highest BCUT2D eigenvalue weighted by Gasteiger charge is 2.38. The van der Waals surface area contributed by atoms with E-state index in [-0.39, 0.29) is 5.56 Å². The number of carbonyl (C=O) groups excluding carboxylic acids is 1. The van der Waals surface area contributed by atoms with Gasteiger partial charge in [-0.25, -0.2) is 9.37 Å². The van der Waals surface area contributed by atoms with E-state index >= 15 is 0 Å². The van der Waals surface area contributed by atoms with Crippen LogP contribution in [-0.4, -0.2) is 15.3 Å². The number of nitrogens with zero attached hydrogens (tertiary/aromatic N) is 2. The molecule has 0 bridgehead atoms. The van der Waals surface area contributed by atoms with Gasteiger partial charge in [0.15, 0.2) is 5.78 Å². The van der Waals surface area contributed by atoms with Crippen LogP contribution in [0.5, 0.6) is 0 Å². The molecule has 2 aromatic heterocycles. The van der Waals surface area contributed by atoms with Gasteiger partial charge in [-0.05, 0) is 47.4 Å². The van der Waals surface area contributed by atoms with Crippen molar-refractivity contribution >= 4 is 22.8 Å². The number of allylic oxidation sites excluding steroid dienone is 1. The summed E-state index contributed by atoms with van der Waals surface area (Å²) >= 11 is 0. The predicted octanol–water partition coefficient (Wildman–Crippen LogP) is 9.48. The molecule has 7 rings (SSSR count). The van der Waals surface area contributed by atoms with Crippen molar-refractivity contribution in [2.75, 3.05) is 0 Å². The summed E-state index contributed by atoms with van der Waals surface area (Å²) in [5, 5.41) is 0.690. The van der Waals surface area contributed by atoms with Crippen LogP contribution in [0.25, 0.3) is 28.3 Å². The molecule has 5 aromatic carbocycles. The number of ketones is 1. The Balaban J connectivity index is 1.32. The number of rotatable bonds is 8. The highest BCUT2D eigenvalue weighted by atomic mass is 19.1. The summed E-state index contributed by atoms with van der Waals surface area (Å²) in [6, 6.07) is 43.6. The van der Waals surface area contributed by atoms with Gasteiger partial charge in [-0.2, -0.15) is 0 Å². The van der Waals surface area contributed by atoms with Crippen LogP contribution in [0, 0.1) is 12.7 Å². The van der Waals surface area contributed by atoms with E-state index in [4.69, 9.17) is 9.40 Å². The standard InChI is InChI=1S/C40H29FN2O2/c1-28-23-30-24-35(36(41)25-39(30)45-28)38(44)22-21-29-13-11-12-20-34(29)37-26-43(27-42-37)40(31-14-5-2-6-15-31,32-16-7-3-8-17-32)33-18-9-4-10-19-33/h2-27H,1H3. The van der Waals surface area contributed by atoms with Crippen molar-refractivity contribution in [2.45, 2.75) is 12.5 Å². The molecule has 0 unspecified atom stereocenters. The molecule has 0 N–H and O–H groups in total. The molecule has 2 heterocycles. The number of furan rings is 1. The maximum atomic E-state index is 14.9. The largest absolute Gasteiger partial charge is 0.461 e. The fourth-order valence-electron chi connectivity index (χ4n) is 6.15. The molecule has 0 aliphatic carbocycles. The first kappa shape index (κ1) is 28.0. The second kappa shape index (κ2) is 11.7. The molecule has 7 aromatic rings. The summed E-state index contributed by atoms with van der Waals surface area (Å²) < 4.78 is 22.5. The lowest BCUT2D eigenvalue weighted by atomic mass is 9.77. The molecule has 218 valence electrons. The van der Waals surface area contributed by atoms with Crippen LogP contribution in [0.2, 0.25) is 0 Å². The van der Waals surface area contributed by atoms with E-state index in [0.717, 1.165) is 33.5 Å². The Morgan fingerprint density at radius 2 is 1.36 bits per heavy atom. The lowest BCUT2D eigenvalue weighted by Gasteiger charge is -2.37. The molecule has 4 nitrogen and oxygen atoms in total. The number of imidazole rings is 1. The first-order valence-corrected chi connectivity index (χ1v) is 14.8. The third-order valence-corrected chi connectivity index (χ3v) is 8.19. The molecule has 0 radical (unpaired) electrons. The van der Waals surface area contributed by atoms with E-state index in [1.165, 1.54) is 18.2 Å². The lowest BCUT2D eigenvalue weighted by Crippen LogP contribution is -2.36. The van der Waals surface area contributed by atoms with Crippen molar-refractivity contribution in [2.24, 2.45) is 0 Å². The van der Waals surface area contributed by atoms with Gasteiger partial charge in [-0.15, -0.1) is 0 Å². The minimum atomic E-state index is -0.697. The number of carbonyl (C=O) groups is 1. The highest BCUT2D eigenvalue weighted by Crippen LogP contribution is 2.41. The number of halogens is 1. The molecule has 0 saturated carbocycles. The zero-order valence-electron chi connectivity index (χ0n) is 24.6. The molecule has 0 amide bonds. The number of fused-ring (bicyclic) bond motifs is 1. The van der Waals surface area contributed by atoms with Gasteiger partial charge in [-0.3, -0.25) is 4.79 Å². The zero-order chi connectivity index (χ0) is 30.8. The van der Waals surface area contributed by atoms with Crippen molar-refractivity contribution in [1.29, 1.82) is 0 Å². The molecular formula is C40H29FN2O2. The number of hydrogen-bond donors (Lipinski definition) is 0. The molecule has 0 fully saturated rings.